The summed E-state index contributed by atoms with van der Waals surface area (Å²) in [4.78, 5) is 10.2. The second kappa shape index (κ2) is 11.4. The third kappa shape index (κ3) is 6.21. The maximum atomic E-state index is 5.96. The molecule has 3 rings (SSSR count). The Hall–Kier alpha value is -1.59. The fourth-order valence-electron chi connectivity index (χ4n) is 4.33. The summed E-state index contributed by atoms with van der Waals surface area (Å²) in [5, 5.41) is 4.36. The van der Waals surface area contributed by atoms with E-state index < -0.39 is 0 Å². The van der Waals surface area contributed by atoms with Crippen LogP contribution in [0, 0.1) is 0 Å². The largest absolute Gasteiger partial charge is 0.494 e. The van der Waals surface area contributed by atoms with Crippen LogP contribution in [0.3, 0.4) is 0 Å². The van der Waals surface area contributed by atoms with E-state index in [4.69, 9.17) is 9.57 Å². The number of oxime groups is 1. The maximum Gasteiger partial charge on any atom is 0.119 e. The van der Waals surface area contributed by atoms with E-state index in [0.29, 0.717) is 0 Å². The molecule has 2 aliphatic rings. The zero-order valence-corrected chi connectivity index (χ0v) is 17.7. The fraction of sp³-hybridized carbons (Fsp3) is 0.696. The summed E-state index contributed by atoms with van der Waals surface area (Å²) in [5.41, 5.74) is 2.11. The summed E-state index contributed by atoms with van der Waals surface area (Å²) in [5.74, 6) is 0.935. The highest BCUT2D eigenvalue weighted by atomic mass is 16.6. The predicted molar refractivity (Wildman–Crippen MR) is 115 cm³/mol. The van der Waals surface area contributed by atoms with Crippen LogP contribution >= 0.6 is 0 Å². The molecule has 156 valence electrons. The Bertz CT molecular complexity index is 590. The molecule has 0 aromatic heterocycles. The minimum absolute atomic E-state index is 0.261. The topological polar surface area (TPSA) is 37.3 Å². The number of benzene rings is 1. The molecule has 2 saturated heterocycles. The zero-order chi connectivity index (χ0) is 19.6. The average molecular weight is 388 g/mol. The molecule has 0 bridgehead atoms. The zero-order valence-electron chi connectivity index (χ0n) is 17.7. The third-order valence-corrected chi connectivity index (χ3v) is 6.01. The van der Waals surface area contributed by atoms with Crippen LogP contribution < -0.4 is 4.74 Å². The lowest BCUT2D eigenvalue weighted by Gasteiger charge is -2.32. The Morgan fingerprint density at radius 1 is 0.964 bits per heavy atom. The van der Waals surface area contributed by atoms with Crippen molar-refractivity contribution in [3.8, 4) is 5.75 Å². The molecular formula is C23H37N3O2. The van der Waals surface area contributed by atoms with Crippen LogP contribution in [-0.2, 0) is 4.84 Å². The van der Waals surface area contributed by atoms with Crippen molar-refractivity contribution in [3.63, 3.8) is 0 Å². The Kier molecular flexibility index (Phi) is 8.62. The predicted octanol–water partition coefficient (Wildman–Crippen LogP) is 4.17. The van der Waals surface area contributed by atoms with Gasteiger partial charge in [0.2, 0.25) is 0 Å². The number of hydrogen-bond donors (Lipinski definition) is 0. The number of hydrogen-bond acceptors (Lipinski definition) is 5. The molecule has 1 unspecified atom stereocenters. The molecule has 0 aliphatic carbocycles. The standard InChI is InChI=1S/C23H37N3O2/c1-20(26-17-7-4-8-18-26)23(24-27-2)21-10-12-22(13-11-21)28-19-9-16-25-14-5-3-6-15-25/h10-13,20H,3-9,14-19H2,1-2H3. The molecule has 0 amide bonds. The van der Waals surface area contributed by atoms with Crippen molar-refractivity contribution in [3.05, 3.63) is 29.8 Å². The summed E-state index contributed by atoms with van der Waals surface area (Å²) in [7, 11) is 1.63. The second-order valence-electron chi connectivity index (χ2n) is 8.06. The first kappa shape index (κ1) is 21.1. The normalized spacial score (nSPS) is 20.7. The number of ether oxygens (including phenoxy) is 1. The molecule has 2 fully saturated rings. The van der Waals surface area contributed by atoms with E-state index in [1.165, 1.54) is 51.6 Å². The van der Waals surface area contributed by atoms with Crippen LogP contribution in [0.15, 0.2) is 29.4 Å². The lowest BCUT2D eigenvalue weighted by atomic mass is 10.0. The summed E-state index contributed by atoms with van der Waals surface area (Å²) >= 11 is 0. The highest BCUT2D eigenvalue weighted by Gasteiger charge is 2.23. The molecule has 0 saturated carbocycles. The van der Waals surface area contributed by atoms with Gasteiger partial charge >= 0.3 is 0 Å². The smallest absolute Gasteiger partial charge is 0.119 e. The van der Waals surface area contributed by atoms with Gasteiger partial charge in [0.05, 0.1) is 12.6 Å². The first-order valence-corrected chi connectivity index (χ1v) is 11.1. The van der Waals surface area contributed by atoms with Crippen molar-refractivity contribution in [2.75, 3.05) is 46.4 Å². The van der Waals surface area contributed by atoms with Gasteiger partial charge in [-0.25, -0.2) is 0 Å². The Labute approximate surface area is 170 Å². The van der Waals surface area contributed by atoms with Gasteiger partial charge in [-0.2, -0.15) is 0 Å². The van der Waals surface area contributed by atoms with Gasteiger partial charge in [0.25, 0.3) is 0 Å². The van der Waals surface area contributed by atoms with Crippen molar-refractivity contribution < 1.29 is 9.57 Å². The van der Waals surface area contributed by atoms with E-state index in [1.54, 1.807) is 7.11 Å². The fourth-order valence-corrected chi connectivity index (χ4v) is 4.33. The van der Waals surface area contributed by atoms with Crippen LogP contribution in [0.25, 0.3) is 0 Å². The molecule has 0 spiro atoms. The Balaban J connectivity index is 1.50. The average Bonchev–Trinajstić information content (AvgIpc) is 2.76. The first-order valence-electron chi connectivity index (χ1n) is 11.1. The number of likely N-dealkylation sites (tertiary alicyclic amines) is 2. The van der Waals surface area contributed by atoms with Crippen LogP contribution in [-0.4, -0.2) is 68.0 Å². The number of piperidine rings is 2. The Morgan fingerprint density at radius 3 is 2.25 bits per heavy atom. The first-order chi connectivity index (χ1) is 13.8. The third-order valence-electron chi connectivity index (χ3n) is 6.01. The van der Waals surface area contributed by atoms with Crippen molar-refractivity contribution in [1.29, 1.82) is 0 Å². The summed E-state index contributed by atoms with van der Waals surface area (Å²) in [6, 6.07) is 8.60. The number of rotatable bonds is 9. The SMILES string of the molecule is CON=C(c1ccc(OCCCN2CCCCC2)cc1)C(C)N1CCCCC1. The van der Waals surface area contributed by atoms with E-state index in [2.05, 4.69) is 46.1 Å². The van der Waals surface area contributed by atoms with Gasteiger partial charge in [0.15, 0.2) is 0 Å². The molecule has 1 aromatic carbocycles. The van der Waals surface area contributed by atoms with Crippen LogP contribution in [0.2, 0.25) is 0 Å². The highest BCUT2D eigenvalue weighted by Crippen LogP contribution is 2.19. The van der Waals surface area contributed by atoms with E-state index in [0.717, 1.165) is 49.7 Å². The van der Waals surface area contributed by atoms with Crippen LogP contribution in [0.5, 0.6) is 5.75 Å². The van der Waals surface area contributed by atoms with E-state index >= 15 is 0 Å². The van der Waals surface area contributed by atoms with E-state index in [9.17, 15) is 0 Å². The molecule has 0 radical (unpaired) electrons. The molecular weight excluding hydrogens is 350 g/mol. The van der Waals surface area contributed by atoms with Crippen molar-refractivity contribution in [1.82, 2.24) is 9.80 Å². The minimum Gasteiger partial charge on any atom is -0.494 e. The maximum absolute atomic E-state index is 5.96. The highest BCUT2D eigenvalue weighted by molar-refractivity contribution is 6.04. The molecule has 5 heteroatoms. The van der Waals surface area contributed by atoms with Gasteiger partial charge in [0.1, 0.15) is 18.6 Å². The summed E-state index contributed by atoms with van der Waals surface area (Å²) in [6.45, 7) is 8.95. The molecule has 28 heavy (non-hydrogen) atoms. The lowest BCUT2D eigenvalue weighted by molar-refractivity contribution is 0.190. The molecule has 1 atom stereocenters. The molecule has 0 N–H and O–H groups in total. The van der Waals surface area contributed by atoms with Gasteiger partial charge < -0.3 is 14.5 Å². The number of nitrogens with zero attached hydrogens (tertiary/aromatic N) is 3. The minimum atomic E-state index is 0.261. The van der Waals surface area contributed by atoms with E-state index in [-0.39, 0.29) is 6.04 Å². The molecule has 5 nitrogen and oxygen atoms in total. The van der Waals surface area contributed by atoms with Gasteiger partial charge in [-0.1, -0.05) is 18.0 Å². The molecule has 1 aromatic rings. The molecule has 2 aliphatic heterocycles. The van der Waals surface area contributed by atoms with Crippen molar-refractivity contribution in [2.24, 2.45) is 5.16 Å². The molecule has 2 heterocycles. The van der Waals surface area contributed by atoms with Crippen LogP contribution in [0.1, 0.15) is 57.4 Å². The van der Waals surface area contributed by atoms with Crippen molar-refractivity contribution >= 4 is 5.71 Å². The quantitative estimate of drug-likeness (QED) is 0.362. The van der Waals surface area contributed by atoms with Gasteiger partial charge in [-0.15, -0.1) is 0 Å². The summed E-state index contributed by atoms with van der Waals surface area (Å²) in [6.07, 6.45) is 9.06. The van der Waals surface area contributed by atoms with E-state index in [1.807, 2.05) is 0 Å². The van der Waals surface area contributed by atoms with Crippen LogP contribution in [0.4, 0.5) is 0 Å². The summed E-state index contributed by atoms with van der Waals surface area (Å²) < 4.78 is 5.96. The van der Waals surface area contributed by atoms with Gasteiger partial charge in [-0.3, -0.25) is 4.90 Å². The van der Waals surface area contributed by atoms with Crippen molar-refractivity contribution in [2.45, 2.75) is 57.9 Å². The van der Waals surface area contributed by atoms with Gasteiger partial charge in [-0.05, 0) is 89.5 Å². The Morgan fingerprint density at radius 2 is 1.61 bits per heavy atom. The van der Waals surface area contributed by atoms with Gasteiger partial charge in [0, 0.05) is 12.1 Å². The second-order valence-corrected chi connectivity index (χ2v) is 8.06. The lowest BCUT2D eigenvalue weighted by Crippen LogP contribution is -2.42. The monoisotopic (exact) mass is 387 g/mol.